The Kier molecular flexibility index (Phi) is 4.42. The van der Waals surface area contributed by atoms with Gasteiger partial charge in [0, 0.05) is 37.6 Å². The Morgan fingerprint density at radius 1 is 1.29 bits per heavy atom. The number of hydrogen-bond acceptors (Lipinski definition) is 2. The van der Waals surface area contributed by atoms with Gasteiger partial charge in [-0.1, -0.05) is 12.2 Å². The number of alkyl halides is 1. The molecule has 3 heteroatoms. The van der Waals surface area contributed by atoms with E-state index in [-0.39, 0.29) is 0 Å². The van der Waals surface area contributed by atoms with Gasteiger partial charge in [-0.25, -0.2) is 0 Å². The molecule has 1 saturated heterocycles. The van der Waals surface area contributed by atoms with Crippen molar-refractivity contribution in [1.82, 2.24) is 9.80 Å². The van der Waals surface area contributed by atoms with Gasteiger partial charge in [0.15, 0.2) is 0 Å². The molecule has 0 spiro atoms. The molecule has 1 aliphatic rings. The molecule has 0 radical (unpaired) electrons. The van der Waals surface area contributed by atoms with Crippen LogP contribution in [0, 0.1) is 0 Å². The van der Waals surface area contributed by atoms with Crippen LogP contribution in [0.3, 0.4) is 0 Å². The minimum absolute atomic E-state index is 0.299. The van der Waals surface area contributed by atoms with E-state index in [4.69, 9.17) is 11.6 Å². The van der Waals surface area contributed by atoms with Crippen molar-refractivity contribution in [3.05, 3.63) is 12.2 Å². The second kappa shape index (κ2) is 5.15. The highest BCUT2D eigenvalue weighted by atomic mass is 35.5. The summed E-state index contributed by atoms with van der Waals surface area (Å²) in [6, 6.07) is 0. The fraction of sp³-hybridized carbons (Fsp3) is 0.818. The van der Waals surface area contributed by atoms with E-state index in [1.165, 1.54) is 0 Å². The molecule has 1 heterocycles. The third-order valence-corrected chi connectivity index (χ3v) is 3.19. The molecule has 0 aromatic rings. The van der Waals surface area contributed by atoms with Gasteiger partial charge < -0.3 is 0 Å². The second-order valence-corrected chi connectivity index (χ2v) is 4.90. The number of piperazine rings is 1. The van der Waals surface area contributed by atoms with Crippen molar-refractivity contribution in [3.8, 4) is 0 Å². The summed E-state index contributed by atoms with van der Waals surface area (Å²) in [7, 11) is 2.20. The van der Waals surface area contributed by atoms with Crippen LogP contribution in [-0.4, -0.2) is 54.4 Å². The van der Waals surface area contributed by atoms with Gasteiger partial charge in [-0.2, -0.15) is 0 Å². The summed E-state index contributed by atoms with van der Waals surface area (Å²) in [5.41, 5.74) is 0.299. The summed E-state index contributed by atoms with van der Waals surface area (Å²) in [5, 5.41) is 0. The van der Waals surface area contributed by atoms with Crippen molar-refractivity contribution in [2.75, 3.05) is 39.1 Å². The van der Waals surface area contributed by atoms with Gasteiger partial charge in [0.1, 0.15) is 0 Å². The Balaban J connectivity index is 2.39. The molecule has 1 fully saturated rings. The fourth-order valence-corrected chi connectivity index (χ4v) is 1.91. The maximum Gasteiger partial charge on any atom is 0.0404 e. The molecular weight excluding hydrogens is 196 g/mol. The Labute approximate surface area is 92.5 Å². The van der Waals surface area contributed by atoms with E-state index in [2.05, 4.69) is 36.8 Å². The van der Waals surface area contributed by atoms with E-state index in [0.29, 0.717) is 11.4 Å². The molecule has 0 atom stereocenters. The summed E-state index contributed by atoms with van der Waals surface area (Å²) in [5.74, 6) is 0.622. The third-order valence-electron chi connectivity index (χ3n) is 3.01. The lowest BCUT2D eigenvalue weighted by atomic mass is 10.00. The van der Waals surface area contributed by atoms with Gasteiger partial charge in [-0.05, 0) is 20.9 Å². The predicted octanol–water partition coefficient (Wildman–Crippen LogP) is 1.81. The van der Waals surface area contributed by atoms with Crippen molar-refractivity contribution in [3.63, 3.8) is 0 Å². The fourth-order valence-electron chi connectivity index (χ4n) is 1.78. The molecular formula is C11H21ClN2. The van der Waals surface area contributed by atoms with Crippen LogP contribution in [-0.2, 0) is 0 Å². The van der Waals surface area contributed by atoms with Crippen LogP contribution in [0.15, 0.2) is 12.2 Å². The average molecular weight is 217 g/mol. The van der Waals surface area contributed by atoms with Gasteiger partial charge in [-0.15, -0.1) is 11.6 Å². The molecule has 0 aromatic heterocycles. The molecule has 0 bridgehead atoms. The number of nitrogens with zero attached hydrogens (tertiary/aromatic N) is 2. The third kappa shape index (κ3) is 3.26. The second-order valence-electron chi connectivity index (χ2n) is 4.59. The molecule has 0 N–H and O–H groups in total. The van der Waals surface area contributed by atoms with Crippen molar-refractivity contribution < 1.29 is 0 Å². The average Bonchev–Trinajstić information content (AvgIpc) is 2.11. The zero-order chi connectivity index (χ0) is 10.6. The first kappa shape index (κ1) is 12.0. The van der Waals surface area contributed by atoms with E-state index in [0.717, 1.165) is 26.2 Å². The molecule has 0 aliphatic carbocycles. The minimum Gasteiger partial charge on any atom is -0.299 e. The molecule has 14 heavy (non-hydrogen) atoms. The minimum atomic E-state index is 0.299. The van der Waals surface area contributed by atoms with Crippen LogP contribution in [0.4, 0.5) is 0 Å². The quantitative estimate of drug-likeness (QED) is 0.525. The summed E-state index contributed by atoms with van der Waals surface area (Å²) in [6.45, 7) is 9.07. The highest BCUT2D eigenvalue weighted by molar-refractivity contribution is 6.18. The SMILES string of the molecule is CN1CCN(CC=CCCl)CC1(C)C. The lowest BCUT2D eigenvalue weighted by Gasteiger charge is -2.45. The van der Waals surface area contributed by atoms with Gasteiger partial charge in [0.2, 0.25) is 0 Å². The predicted molar refractivity (Wildman–Crippen MR) is 63.0 cm³/mol. The topological polar surface area (TPSA) is 6.48 Å². The normalized spacial score (nSPS) is 24.6. The van der Waals surface area contributed by atoms with E-state index in [9.17, 15) is 0 Å². The highest BCUT2D eigenvalue weighted by Crippen LogP contribution is 2.18. The zero-order valence-corrected chi connectivity index (χ0v) is 10.2. The van der Waals surface area contributed by atoms with E-state index in [1.54, 1.807) is 0 Å². The first-order chi connectivity index (χ1) is 6.56. The lowest BCUT2D eigenvalue weighted by molar-refractivity contribution is 0.0463. The molecule has 0 saturated carbocycles. The Morgan fingerprint density at radius 2 is 2.00 bits per heavy atom. The molecule has 2 nitrogen and oxygen atoms in total. The van der Waals surface area contributed by atoms with Crippen LogP contribution in [0.5, 0.6) is 0 Å². The first-order valence-corrected chi connectivity index (χ1v) is 5.74. The summed E-state index contributed by atoms with van der Waals surface area (Å²) in [6.07, 6.45) is 4.18. The summed E-state index contributed by atoms with van der Waals surface area (Å²) < 4.78 is 0. The number of rotatable bonds is 3. The first-order valence-electron chi connectivity index (χ1n) is 5.21. The lowest BCUT2D eigenvalue weighted by Crippen LogP contribution is -2.57. The molecule has 82 valence electrons. The number of allylic oxidation sites excluding steroid dienone is 1. The van der Waals surface area contributed by atoms with Crippen molar-refractivity contribution in [2.24, 2.45) is 0 Å². The summed E-state index contributed by atoms with van der Waals surface area (Å²) >= 11 is 5.58. The number of halogens is 1. The summed E-state index contributed by atoms with van der Waals surface area (Å²) in [4.78, 5) is 4.90. The Morgan fingerprint density at radius 3 is 2.57 bits per heavy atom. The van der Waals surface area contributed by atoms with Crippen molar-refractivity contribution in [1.29, 1.82) is 0 Å². The maximum atomic E-state index is 5.58. The Bertz CT molecular complexity index is 201. The van der Waals surface area contributed by atoms with Crippen LogP contribution in [0.1, 0.15) is 13.8 Å². The standard InChI is InChI=1S/C11H21ClN2/c1-11(2)10-14(7-5-4-6-12)9-8-13(11)3/h4-5H,6-10H2,1-3H3. The molecule has 0 aromatic carbocycles. The number of hydrogen-bond donors (Lipinski definition) is 0. The van der Waals surface area contributed by atoms with Crippen molar-refractivity contribution in [2.45, 2.75) is 19.4 Å². The van der Waals surface area contributed by atoms with E-state index < -0.39 is 0 Å². The maximum absolute atomic E-state index is 5.58. The Hall–Kier alpha value is -0.0500. The van der Waals surface area contributed by atoms with Gasteiger partial charge >= 0.3 is 0 Å². The van der Waals surface area contributed by atoms with Crippen LogP contribution < -0.4 is 0 Å². The van der Waals surface area contributed by atoms with Gasteiger partial charge in [-0.3, -0.25) is 9.80 Å². The molecule has 0 amide bonds. The number of likely N-dealkylation sites (N-methyl/N-ethyl adjacent to an activating group) is 1. The van der Waals surface area contributed by atoms with Crippen LogP contribution >= 0.6 is 11.6 Å². The molecule has 1 rings (SSSR count). The zero-order valence-electron chi connectivity index (χ0n) is 9.46. The van der Waals surface area contributed by atoms with Crippen molar-refractivity contribution >= 4 is 11.6 Å². The largest absolute Gasteiger partial charge is 0.299 e. The van der Waals surface area contributed by atoms with E-state index >= 15 is 0 Å². The van der Waals surface area contributed by atoms with Gasteiger partial charge in [0.25, 0.3) is 0 Å². The monoisotopic (exact) mass is 216 g/mol. The van der Waals surface area contributed by atoms with Gasteiger partial charge in [0.05, 0.1) is 0 Å². The smallest absolute Gasteiger partial charge is 0.0404 e. The van der Waals surface area contributed by atoms with Crippen LogP contribution in [0.2, 0.25) is 0 Å². The van der Waals surface area contributed by atoms with Crippen LogP contribution in [0.25, 0.3) is 0 Å². The molecule has 1 aliphatic heterocycles. The van der Waals surface area contributed by atoms with E-state index in [1.807, 2.05) is 6.08 Å². The highest BCUT2D eigenvalue weighted by Gasteiger charge is 2.30. The molecule has 0 unspecified atom stereocenters.